The average Bonchev–Trinajstić information content (AvgIpc) is 2.47. The first-order valence-corrected chi connectivity index (χ1v) is 7.83. The molecule has 0 amide bonds. The molecule has 0 aliphatic heterocycles. The van der Waals surface area contributed by atoms with Gasteiger partial charge in [0.15, 0.2) is 0 Å². The van der Waals surface area contributed by atoms with E-state index in [4.69, 9.17) is 4.74 Å². The largest absolute Gasteiger partial charge is 0.477 e. The third-order valence-corrected chi connectivity index (χ3v) is 3.39. The maximum absolute atomic E-state index is 12.3. The van der Waals surface area contributed by atoms with Crippen molar-refractivity contribution in [3.63, 3.8) is 0 Å². The van der Waals surface area contributed by atoms with Crippen molar-refractivity contribution in [1.29, 1.82) is 0 Å². The van der Waals surface area contributed by atoms with Crippen molar-refractivity contribution in [1.82, 2.24) is 4.57 Å². The van der Waals surface area contributed by atoms with Gasteiger partial charge in [-0.15, -0.1) is 0 Å². The van der Waals surface area contributed by atoms with E-state index >= 15 is 0 Å². The van der Waals surface area contributed by atoms with Crippen molar-refractivity contribution in [2.45, 2.75) is 39.8 Å². The average molecular weight is 343 g/mol. The Hall–Kier alpha value is -2.89. The van der Waals surface area contributed by atoms with Gasteiger partial charge in [0.1, 0.15) is 17.7 Å². The lowest BCUT2D eigenvalue weighted by atomic mass is 10.0. The summed E-state index contributed by atoms with van der Waals surface area (Å²) in [6.45, 7) is 6.73. The zero-order chi connectivity index (χ0) is 18.8. The number of rotatable bonds is 4. The van der Waals surface area contributed by atoms with Crippen LogP contribution < -0.4 is 5.56 Å². The quantitative estimate of drug-likeness (QED) is 0.863. The molecule has 1 aromatic carbocycles. The molecule has 0 fully saturated rings. The number of carboxylic acids is 1. The molecule has 2 rings (SSSR count). The van der Waals surface area contributed by atoms with Crippen LogP contribution >= 0.6 is 0 Å². The highest BCUT2D eigenvalue weighted by Crippen LogP contribution is 2.20. The molecule has 0 atom stereocenters. The van der Waals surface area contributed by atoms with Crippen LogP contribution in [0, 0.1) is 6.92 Å². The highest BCUT2D eigenvalue weighted by molar-refractivity contribution is 5.89. The molecule has 0 unspecified atom stereocenters. The number of esters is 1. The molecular weight excluding hydrogens is 322 g/mol. The zero-order valence-corrected chi connectivity index (χ0v) is 14.7. The Kier molecular flexibility index (Phi) is 5.11. The number of nitrogens with zero attached hydrogens (tertiary/aromatic N) is 1. The fourth-order valence-electron chi connectivity index (χ4n) is 2.40. The maximum Gasteiger partial charge on any atom is 0.341 e. The van der Waals surface area contributed by atoms with Crippen LogP contribution in [0.25, 0.3) is 11.1 Å². The van der Waals surface area contributed by atoms with Crippen LogP contribution in [0.2, 0.25) is 0 Å². The van der Waals surface area contributed by atoms with Crippen LogP contribution in [0.15, 0.2) is 41.3 Å². The van der Waals surface area contributed by atoms with E-state index in [2.05, 4.69) is 0 Å². The number of ether oxygens (including phenoxy) is 1. The highest BCUT2D eigenvalue weighted by Gasteiger charge is 2.19. The maximum atomic E-state index is 12.3. The fourth-order valence-corrected chi connectivity index (χ4v) is 2.40. The van der Waals surface area contributed by atoms with Crippen LogP contribution in [0.3, 0.4) is 0 Å². The number of carbonyl (C=O) groups excluding carboxylic acids is 1. The summed E-state index contributed by atoms with van der Waals surface area (Å²) in [6.07, 6.45) is 1.48. The molecule has 0 bridgehead atoms. The molecule has 0 saturated carbocycles. The number of pyridine rings is 1. The fraction of sp³-hybridized carbons (Fsp3) is 0.316. The Morgan fingerprint density at radius 2 is 1.84 bits per heavy atom. The molecule has 1 aromatic heterocycles. The zero-order valence-electron chi connectivity index (χ0n) is 14.7. The lowest BCUT2D eigenvalue weighted by Crippen LogP contribution is -2.32. The van der Waals surface area contributed by atoms with Crippen LogP contribution in [0.1, 0.15) is 36.7 Å². The van der Waals surface area contributed by atoms with Gasteiger partial charge < -0.3 is 14.4 Å². The molecule has 1 heterocycles. The summed E-state index contributed by atoms with van der Waals surface area (Å²) >= 11 is 0. The summed E-state index contributed by atoms with van der Waals surface area (Å²) in [5, 5.41) is 9.31. The molecule has 1 N–H and O–H groups in total. The van der Waals surface area contributed by atoms with E-state index in [0.717, 1.165) is 15.7 Å². The molecule has 0 aliphatic rings. The van der Waals surface area contributed by atoms with Crippen LogP contribution in [-0.2, 0) is 16.1 Å². The first kappa shape index (κ1) is 18.4. The van der Waals surface area contributed by atoms with E-state index in [1.54, 1.807) is 20.8 Å². The molecule has 132 valence electrons. The van der Waals surface area contributed by atoms with E-state index < -0.39 is 23.1 Å². The standard InChI is InChI=1S/C19H21NO5/c1-12-6-5-7-13(8-12)14-9-15(18(23)24)17(22)20(10-14)11-16(21)25-19(2,3)4/h5-10H,11H2,1-4H3,(H,23,24). The number of aromatic carboxylic acids is 1. The molecule has 0 saturated heterocycles. The van der Waals surface area contributed by atoms with Gasteiger partial charge in [-0.25, -0.2) is 4.79 Å². The molecule has 25 heavy (non-hydrogen) atoms. The molecule has 6 heteroatoms. The number of hydrogen-bond acceptors (Lipinski definition) is 4. The van der Waals surface area contributed by atoms with Crippen molar-refractivity contribution in [3.8, 4) is 11.1 Å². The first-order chi connectivity index (χ1) is 11.6. The van der Waals surface area contributed by atoms with Gasteiger partial charge in [-0.3, -0.25) is 9.59 Å². The number of benzene rings is 1. The number of aromatic nitrogens is 1. The topological polar surface area (TPSA) is 85.6 Å². The third-order valence-electron chi connectivity index (χ3n) is 3.39. The van der Waals surface area contributed by atoms with E-state index in [9.17, 15) is 19.5 Å². The number of hydrogen-bond donors (Lipinski definition) is 1. The number of aryl methyl sites for hydroxylation is 1. The van der Waals surface area contributed by atoms with Gasteiger partial charge in [0, 0.05) is 6.20 Å². The van der Waals surface area contributed by atoms with E-state index in [-0.39, 0.29) is 12.1 Å². The van der Waals surface area contributed by atoms with Crippen LogP contribution in [0.4, 0.5) is 0 Å². The molecule has 6 nitrogen and oxygen atoms in total. The third kappa shape index (κ3) is 4.79. The lowest BCUT2D eigenvalue weighted by Gasteiger charge is -2.20. The molecule has 2 aromatic rings. The highest BCUT2D eigenvalue weighted by atomic mass is 16.6. The second-order valence-corrected chi connectivity index (χ2v) is 6.84. The second-order valence-electron chi connectivity index (χ2n) is 6.84. The van der Waals surface area contributed by atoms with Crippen molar-refractivity contribution in [2.75, 3.05) is 0 Å². The Morgan fingerprint density at radius 1 is 1.16 bits per heavy atom. The number of carbonyl (C=O) groups is 2. The monoisotopic (exact) mass is 343 g/mol. The van der Waals surface area contributed by atoms with Crippen molar-refractivity contribution in [2.24, 2.45) is 0 Å². The summed E-state index contributed by atoms with van der Waals surface area (Å²) in [6, 6.07) is 8.78. The Bertz CT molecular complexity index is 874. The predicted octanol–water partition coefficient (Wildman–Crippen LogP) is 2.86. The Morgan fingerprint density at radius 3 is 2.40 bits per heavy atom. The summed E-state index contributed by atoms with van der Waals surface area (Å²) in [4.78, 5) is 35.8. The van der Waals surface area contributed by atoms with Crippen molar-refractivity contribution < 1.29 is 19.4 Å². The SMILES string of the molecule is Cc1cccc(-c2cc(C(=O)O)c(=O)n(CC(=O)OC(C)(C)C)c2)c1. The molecule has 0 aliphatic carbocycles. The summed E-state index contributed by atoms with van der Waals surface area (Å²) in [5.74, 6) is -1.94. The first-order valence-electron chi connectivity index (χ1n) is 7.83. The van der Waals surface area contributed by atoms with Gasteiger partial charge in [-0.2, -0.15) is 0 Å². The van der Waals surface area contributed by atoms with Crippen LogP contribution in [0.5, 0.6) is 0 Å². The minimum Gasteiger partial charge on any atom is -0.477 e. The number of carboxylic acid groups (broad SMARTS) is 1. The van der Waals surface area contributed by atoms with E-state index in [0.29, 0.717) is 5.56 Å². The summed E-state index contributed by atoms with van der Waals surface area (Å²) < 4.78 is 6.29. The Labute approximate surface area is 145 Å². The van der Waals surface area contributed by atoms with Gasteiger partial charge in [0.25, 0.3) is 5.56 Å². The van der Waals surface area contributed by atoms with Crippen molar-refractivity contribution >= 4 is 11.9 Å². The molecule has 0 radical (unpaired) electrons. The molecule has 0 spiro atoms. The van der Waals surface area contributed by atoms with Crippen molar-refractivity contribution in [3.05, 3.63) is 58.0 Å². The summed E-state index contributed by atoms with van der Waals surface area (Å²) in [7, 11) is 0. The second kappa shape index (κ2) is 6.93. The van der Waals surface area contributed by atoms with E-state index in [1.165, 1.54) is 12.3 Å². The normalized spacial score (nSPS) is 11.2. The van der Waals surface area contributed by atoms with Gasteiger partial charge >= 0.3 is 11.9 Å². The summed E-state index contributed by atoms with van der Waals surface area (Å²) in [5.41, 5.74) is 0.492. The lowest BCUT2D eigenvalue weighted by molar-refractivity contribution is -0.155. The van der Waals surface area contributed by atoms with Gasteiger partial charge in [-0.05, 0) is 44.9 Å². The van der Waals surface area contributed by atoms with Gasteiger partial charge in [-0.1, -0.05) is 29.8 Å². The van der Waals surface area contributed by atoms with Gasteiger partial charge in [0.2, 0.25) is 0 Å². The smallest absolute Gasteiger partial charge is 0.341 e. The van der Waals surface area contributed by atoms with E-state index in [1.807, 2.05) is 31.2 Å². The van der Waals surface area contributed by atoms with Gasteiger partial charge in [0.05, 0.1) is 0 Å². The van der Waals surface area contributed by atoms with Crippen LogP contribution in [-0.4, -0.2) is 27.2 Å². The predicted molar refractivity (Wildman–Crippen MR) is 93.7 cm³/mol. The minimum atomic E-state index is -1.34. The molecular formula is C19H21NO5. The minimum absolute atomic E-state index is 0.351. The Balaban J connectivity index is 2.50.